The molecule has 0 N–H and O–H groups in total. The van der Waals surface area contributed by atoms with E-state index >= 15 is 0 Å². The van der Waals surface area contributed by atoms with E-state index in [4.69, 9.17) is 23.2 Å². The zero-order valence-electron chi connectivity index (χ0n) is 10.2. The number of hydrogen-bond acceptors (Lipinski definition) is 4. The Kier molecular flexibility index (Phi) is 5.04. The van der Waals surface area contributed by atoms with Gasteiger partial charge in [-0.2, -0.15) is 0 Å². The molecule has 0 aliphatic heterocycles. The van der Waals surface area contributed by atoms with Crippen LogP contribution in [0, 0.1) is 0 Å². The standard InChI is InChI=1S/C12H14Cl2N2S2/c1-8(12-15-9(5-13)7-17-12)16(2)6-10-3-4-11(14)18-10/h3-4,7-8H,5-6H2,1-2H3. The highest BCUT2D eigenvalue weighted by molar-refractivity contribution is 7.16. The van der Waals surface area contributed by atoms with Crippen LogP contribution in [0.25, 0.3) is 0 Å². The van der Waals surface area contributed by atoms with E-state index in [1.807, 2.05) is 11.4 Å². The van der Waals surface area contributed by atoms with E-state index in [1.165, 1.54) is 4.88 Å². The lowest BCUT2D eigenvalue weighted by atomic mass is 10.3. The van der Waals surface area contributed by atoms with Crippen LogP contribution in [0.3, 0.4) is 0 Å². The van der Waals surface area contributed by atoms with Gasteiger partial charge in [0.15, 0.2) is 0 Å². The molecule has 2 aromatic heterocycles. The van der Waals surface area contributed by atoms with Crippen LogP contribution in [0.2, 0.25) is 4.34 Å². The molecule has 2 heterocycles. The van der Waals surface area contributed by atoms with Crippen LogP contribution in [0.15, 0.2) is 17.5 Å². The molecule has 0 aliphatic carbocycles. The van der Waals surface area contributed by atoms with Crippen molar-refractivity contribution in [2.24, 2.45) is 0 Å². The van der Waals surface area contributed by atoms with Crippen molar-refractivity contribution in [1.29, 1.82) is 0 Å². The third-order valence-electron chi connectivity index (χ3n) is 2.76. The molecule has 98 valence electrons. The Morgan fingerprint density at radius 2 is 2.22 bits per heavy atom. The molecule has 2 rings (SSSR count). The summed E-state index contributed by atoms with van der Waals surface area (Å²) in [5, 5.41) is 3.13. The lowest BCUT2D eigenvalue weighted by Crippen LogP contribution is -2.21. The number of aromatic nitrogens is 1. The van der Waals surface area contributed by atoms with Gasteiger partial charge in [0.05, 0.1) is 22.0 Å². The number of thiophene rings is 1. The predicted octanol–water partition coefficient (Wildman–Crippen LogP) is 4.79. The van der Waals surface area contributed by atoms with E-state index in [0.717, 1.165) is 21.6 Å². The second-order valence-electron chi connectivity index (χ2n) is 4.11. The van der Waals surface area contributed by atoms with Gasteiger partial charge in [0, 0.05) is 16.8 Å². The fraction of sp³-hybridized carbons (Fsp3) is 0.417. The van der Waals surface area contributed by atoms with E-state index in [1.54, 1.807) is 22.7 Å². The number of rotatable bonds is 5. The average molecular weight is 321 g/mol. The van der Waals surface area contributed by atoms with Gasteiger partial charge in [0.25, 0.3) is 0 Å². The minimum Gasteiger partial charge on any atom is -0.292 e. The number of hydrogen-bond donors (Lipinski definition) is 0. The van der Waals surface area contributed by atoms with Crippen LogP contribution in [-0.4, -0.2) is 16.9 Å². The Balaban J connectivity index is 2.01. The molecule has 0 saturated heterocycles. The minimum absolute atomic E-state index is 0.285. The summed E-state index contributed by atoms with van der Waals surface area (Å²) in [6.07, 6.45) is 0. The van der Waals surface area contributed by atoms with Gasteiger partial charge >= 0.3 is 0 Å². The average Bonchev–Trinajstić information content (AvgIpc) is 2.97. The Bertz CT molecular complexity index is 510. The summed E-state index contributed by atoms with van der Waals surface area (Å²) in [6, 6.07) is 4.30. The molecule has 2 aromatic rings. The van der Waals surface area contributed by atoms with E-state index in [9.17, 15) is 0 Å². The molecule has 2 nitrogen and oxygen atoms in total. The van der Waals surface area contributed by atoms with Crippen molar-refractivity contribution >= 4 is 45.9 Å². The normalized spacial score (nSPS) is 13.2. The van der Waals surface area contributed by atoms with Crippen molar-refractivity contribution in [2.75, 3.05) is 7.05 Å². The molecule has 1 unspecified atom stereocenters. The van der Waals surface area contributed by atoms with Gasteiger partial charge in [-0.3, -0.25) is 4.90 Å². The lowest BCUT2D eigenvalue weighted by Gasteiger charge is -2.22. The van der Waals surface area contributed by atoms with Crippen molar-refractivity contribution in [3.8, 4) is 0 Å². The second-order valence-corrected chi connectivity index (χ2v) is 7.06. The molecule has 18 heavy (non-hydrogen) atoms. The molecule has 0 fully saturated rings. The number of alkyl halides is 1. The molecule has 1 atom stereocenters. The van der Waals surface area contributed by atoms with E-state index in [0.29, 0.717) is 5.88 Å². The Hall–Kier alpha value is -0.130. The summed E-state index contributed by atoms with van der Waals surface area (Å²) in [4.78, 5) is 8.05. The highest BCUT2D eigenvalue weighted by Gasteiger charge is 2.16. The predicted molar refractivity (Wildman–Crippen MR) is 80.9 cm³/mol. The first-order valence-electron chi connectivity index (χ1n) is 5.55. The molecule has 6 heteroatoms. The zero-order valence-corrected chi connectivity index (χ0v) is 13.3. The second kappa shape index (κ2) is 6.35. The molecule has 0 spiro atoms. The summed E-state index contributed by atoms with van der Waals surface area (Å²) in [5.41, 5.74) is 0.955. The maximum atomic E-state index is 5.94. The van der Waals surface area contributed by atoms with Crippen LogP contribution in [0.5, 0.6) is 0 Å². The third kappa shape index (κ3) is 3.45. The zero-order chi connectivity index (χ0) is 13.1. The highest BCUT2D eigenvalue weighted by Crippen LogP contribution is 2.27. The molecular formula is C12H14Cl2N2S2. The molecule has 0 radical (unpaired) electrons. The summed E-state index contributed by atoms with van der Waals surface area (Å²) in [5.74, 6) is 0.480. The quantitative estimate of drug-likeness (QED) is 0.736. The van der Waals surface area contributed by atoms with Gasteiger partial charge in [-0.25, -0.2) is 4.98 Å². The largest absolute Gasteiger partial charge is 0.292 e. The molecular weight excluding hydrogens is 307 g/mol. The van der Waals surface area contributed by atoms with E-state index in [2.05, 4.69) is 29.9 Å². The number of halogens is 2. The highest BCUT2D eigenvalue weighted by atomic mass is 35.5. The number of thiazole rings is 1. The van der Waals surface area contributed by atoms with E-state index < -0.39 is 0 Å². The van der Waals surface area contributed by atoms with Gasteiger partial charge in [0.1, 0.15) is 5.01 Å². The fourth-order valence-corrected chi connectivity index (χ4v) is 3.90. The maximum absolute atomic E-state index is 5.94. The Morgan fingerprint density at radius 3 is 2.78 bits per heavy atom. The van der Waals surface area contributed by atoms with Gasteiger partial charge in [-0.05, 0) is 26.1 Å². The van der Waals surface area contributed by atoms with Crippen molar-refractivity contribution < 1.29 is 0 Å². The van der Waals surface area contributed by atoms with Gasteiger partial charge in [-0.15, -0.1) is 34.3 Å². The van der Waals surface area contributed by atoms with Crippen LogP contribution in [0.4, 0.5) is 0 Å². The van der Waals surface area contributed by atoms with Crippen LogP contribution in [-0.2, 0) is 12.4 Å². The molecule has 0 amide bonds. The summed E-state index contributed by atoms with van der Waals surface area (Å²) < 4.78 is 0.838. The molecule has 0 aromatic carbocycles. The number of nitrogens with zero attached hydrogens (tertiary/aromatic N) is 2. The first-order chi connectivity index (χ1) is 8.60. The summed E-state index contributed by atoms with van der Waals surface area (Å²) in [6.45, 7) is 3.04. The minimum atomic E-state index is 0.285. The smallest absolute Gasteiger partial charge is 0.110 e. The van der Waals surface area contributed by atoms with Crippen molar-refractivity contribution in [3.05, 3.63) is 37.4 Å². The first kappa shape index (κ1) is 14.3. The fourth-order valence-electron chi connectivity index (χ4n) is 1.58. The summed E-state index contributed by atoms with van der Waals surface area (Å²) >= 11 is 15.0. The molecule has 0 bridgehead atoms. The Morgan fingerprint density at radius 1 is 1.44 bits per heavy atom. The molecule has 0 saturated carbocycles. The lowest BCUT2D eigenvalue weighted by molar-refractivity contribution is 0.254. The van der Waals surface area contributed by atoms with Gasteiger partial charge < -0.3 is 0 Å². The SMILES string of the molecule is CC(c1nc(CCl)cs1)N(C)Cc1ccc(Cl)s1. The molecule has 0 aliphatic rings. The van der Waals surface area contributed by atoms with Crippen LogP contribution < -0.4 is 0 Å². The van der Waals surface area contributed by atoms with Crippen molar-refractivity contribution in [2.45, 2.75) is 25.4 Å². The van der Waals surface area contributed by atoms with Crippen LogP contribution in [0.1, 0.15) is 28.5 Å². The van der Waals surface area contributed by atoms with Crippen molar-refractivity contribution in [1.82, 2.24) is 9.88 Å². The monoisotopic (exact) mass is 320 g/mol. The van der Waals surface area contributed by atoms with E-state index in [-0.39, 0.29) is 6.04 Å². The third-order valence-corrected chi connectivity index (χ3v) is 5.31. The summed E-state index contributed by atoms with van der Waals surface area (Å²) in [7, 11) is 2.10. The first-order valence-corrected chi connectivity index (χ1v) is 8.15. The topological polar surface area (TPSA) is 16.1 Å². The van der Waals surface area contributed by atoms with Crippen molar-refractivity contribution in [3.63, 3.8) is 0 Å². The van der Waals surface area contributed by atoms with Crippen LogP contribution >= 0.6 is 45.9 Å². The van der Waals surface area contributed by atoms with Gasteiger partial charge in [-0.1, -0.05) is 11.6 Å². The maximum Gasteiger partial charge on any atom is 0.110 e. The van der Waals surface area contributed by atoms with Gasteiger partial charge in [0.2, 0.25) is 0 Å². The Labute approximate surface area is 125 Å².